The maximum Gasteiger partial charge on any atom is 0.0471 e. The summed E-state index contributed by atoms with van der Waals surface area (Å²) in [5.74, 6) is 0. The van der Waals surface area contributed by atoms with Crippen LogP contribution in [-0.4, -0.2) is 36.1 Å². The zero-order chi connectivity index (χ0) is 9.10. The molecule has 0 bridgehead atoms. The summed E-state index contributed by atoms with van der Waals surface area (Å²) in [6, 6.07) is 4.75. The van der Waals surface area contributed by atoms with Crippen molar-refractivity contribution in [1.82, 2.24) is 15.2 Å². The lowest BCUT2D eigenvalue weighted by molar-refractivity contribution is 0.183. The minimum atomic E-state index is 0.525. The normalized spacial score (nSPS) is 21.6. The Hall–Kier alpha value is -0.800. The van der Waals surface area contributed by atoms with Crippen LogP contribution in [0.5, 0.6) is 0 Å². The second kappa shape index (κ2) is 3.94. The number of H-pyrrole nitrogens is 1. The van der Waals surface area contributed by atoms with Crippen LogP contribution in [0.1, 0.15) is 18.7 Å². The average Bonchev–Trinajstić information content (AvgIpc) is 2.71. The van der Waals surface area contributed by atoms with Crippen LogP contribution in [0.3, 0.4) is 0 Å². The maximum absolute atomic E-state index is 3.36. The van der Waals surface area contributed by atoms with E-state index in [1.165, 1.54) is 5.69 Å². The summed E-state index contributed by atoms with van der Waals surface area (Å²) in [6.45, 7) is 6.80. The Balaban J connectivity index is 1.99. The number of hydrogen-bond donors (Lipinski definition) is 2. The molecule has 3 heteroatoms. The number of nitrogens with one attached hydrogen (secondary N) is 2. The van der Waals surface area contributed by atoms with Gasteiger partial charge in [0.05, 0.1) is 0 Å². The molecule has 13 heavy (non-hydrogen) atoms. The number of hydrogen-bond acceptors (Lipinski definition) is 2. The van der Waals surface area contributed by atoms with Gasteiger partial charge in [-0.3, -0.25) is 4.90 Å². The molecule has 0 aliphatic carbocycles. The van der Waals surface area contributed by atoms with E-state index in [4.69, 9.17) is 0 Å². The minimum absolute atomic E-state index is 0.525. The molecule has 1 saturated heterocycles. The van der Waals surface area contributed by atoms with E-state index in [9.17, 15) is 0 Å². The SMILES string of the molecule is C[C@H](c1ccc[nH]1)N1CCNCC1. The number of piperazine rings is 1. The van der Waals surface area contributed by atoms with E-state index < -0.39 is 0 Å². The van der Waals surface area contributed by atoms with Gasteiger partial charge < -0.3 is 10.3 Å². The van der Waals surface area contributed by atoms with Gasteiger partial charge in [0.25, 0.3) is 0 Å². The van der Waals surface area contributed by atoms with Crippen molar-refractivity contribution >= 4 is 0 Å². The lowest BCUT2D eigenvalue weighted by atomic mass is 10.2. The molecular formula is C10H17N3. The van der Waals surface area contributed by atoms with Crippen LogP contribution < -0.4 is 5.32 Å². The summed E-state index contributed by atoms with van der Waals surface area (Å²) in [6.07, 6.45) is 1.99. The molecule has 3 nitrogen and oxygen atoms in total. The standard InChI is InChI=1S/C10H17N3/c1-9(10-3-2-4-12-10)13-7-5-11-6-8-13/h2-4,9,11-12H,5-8H2,1H3/t9-/m1/s1. The first-order valence-electron chi connectivity index (χ1n) is 4.96. The van der Waals surface area contributed by atoms with E-state index in [1.807, 2.05) is 6.20 Å². The first-order valence-corrected chi connectivity index (χ1v) is 4.96. The lowest BCUT2D eigenvalue weighted by Crippen LogP contribution is -2.44. The van der Waals surface area contributed by atoms with Crippen LogP contribution in [0, 0.1) is 0 Å². The molecule has 2 rings (SSSR count). The molecule has 1 atom stereocenters. The monoisotopic (exact) mass is 179 g/mol. The number of rotatable bonds is 2. The first-order chi connectivity index (χ1) is 6.38. The van der Waals surface area contributed by atoms with Crippen LogP contribution in [0.2, 0.25) is 0 Å². The topological polar surface area (TPSA) is 31.1 Å². The fraction of sp³-hybridized carbons (Fsp3) is 0.600. The molecular weight excluding hydrogens is 162 g/mol. The van der Waals surface area contributed by atoms with Crippen molar-refractivity contribution in [2.45, 2.75) is 13.0 Å². The van der Waals surface area contributed by atoms with Gasteiger partial charge in [-0.2, -0.15) is 0 Å². The van der Waals surface area contributed by atoms with Crippen molar-refractivity contribution < 1.29 is 0 Å². The Morgan fingerprint density at radius 2 is 2.15 bits per heavy atom. The van der Waals surface area contributed by atoms with Gasteiger partial charge in [0.2, 0.25) is 0 Å². The Morgan fingerprint density at radius 1 is 1.38 bits per heavy atom. The Labute approximate surface area is 79.1 Å². The fourth-order valence-electron chi connectivity index (χ4n) is 1.87. The molecule has 1 aliphatic heterocycles. The van der Waals surface area contributed by atoms with Gasteiger partial charge in [-0.1, -0.05) is 0 Å². The van der Waals surface area contributed by atoms with E-state index >= 15 is 0 Å². The van der Waals surface area contributed by atoms with Gasteiger partial charge >= 0.3 is 0 Å². The van der Waals surface area contributed by atoms with E-state index in [-0.39, 0.29) is 0 Å². The quantitative estimate of drug-likeness (QED) is 0.709. The van der Waals surface area contributed by atoms with Crippen LogP contribution in [0.25, 0.3) is 0 Å². The molecule has 1 aromatic heterocycles. The van der Waals surface area contributed by atoms with E-state index in [2.05, 4.69) is 34.3 Å². The van der Waals surface area contributed by atoms with Gasteiger partial charge in [-0.25, -0.2) is 0 Å². The highest BCUT2D eigenvalue weighted by Crippen LogP contribution is 2.17. The van der Waals surface area contributed by atoms with Crippen molar-refractivity contribution in [3.63, 3.8) is 0 Å². The van der Waals surface area contributed by atoms with E-state index in [0.29, 0.717) is 6.04 Å². The molecule has 2 heterocycles. The summed E-state index contributed by atoms with van der Waals surface area (Å²) in [5.41, 5.74) is 1.32. The zero-order valence-electron chi connectivity index (χ0n) is 8.09. The minimum Gasteiger partial charge on any atom is -0.364 e. The second-order valence-electron chi connectivity index (χ2n) is 3.59. The van der Waals surface area contributed by atoms with Gasteiger partial charge in [-0.15, -0.1) is 0 Å². The molecule has 0 aromatic carbocycles. The van der Waals surface area contributed by atoms with Crippen LogP contribution >= 0.6 is 0 Å². The molecule has 0 amide bonds. The smallest absolute Gasteiger partial charge is 0.0471 e. The van der Waals surface area contributed by atoms with Crippen molar-refractivity contribution in [1.29, 1.82) is 0 Å². The highest BCUT2D eigenvalue weighted by atomic mass is 15.2. The van der Waals surface area contributed by atoms with Gasteiger partial charge in [-0.05, 0) is 19.1 Å². The predicted molar refractivity (Wildman–Crippen MR) is 53.7 cm³/mol. The van der Waals surface area contributed by atoms with E-state index in [0.717, 1.165) is 26.2 Å². The maximum atomic E-state index is 3.36. The van der Waals surface area contributed by atoms with Crippen molar-refractivity contribution in [3.05, 3.63) is 24.0 Å². The molecule has 1 aliphatic rings. The molecule has 0 spiro atoms. The van der Waals surface area contributed by atoms with Gasteiger partial charge in [0.15, 0.2) is 0 Å². The highest BCUT2D eigenvalue weighted by molar-refractivity contribution is 5.08. The Kier molecular flexibility index (Phi) is 2.66. The second-order valence-corrected chi connectivity index (χ2v) is 3.59. The Bertz CT molecular complexity index is 237. The lowest BCUT2D eigenvalue weighted by Gasteiger charge is -2.32. The number of aromatic amines is 1. The highest BCUT2D eigenvalue weighted by Gasteiger charge is 2.17. The average molecular weight is 179 g/mol. The molecule has 0 radical (unpaired) electrons. The Morgan fingerprint density at radius 3 is 2.77 bits per heavy atom. The number of aromatic nitrogens is 1. The summed E-state index contributed by atoms with van der Waals surface area (Å²) in [7, 11) is 0. The first kappa shape index (κ1) is 8.78. The predicted octanol–water partition coefficient (Wildman–Crippen LogP) is 0.981. The number of nitrogens with zero attached hydrogens (tertiary/aromatic N) is 1. The summed E-state index contributed by atoms with van der Waals surface area (Å²) < 4.78 is 0. The summed E-state index contributed by atoms with van der Waals surface area (Å²) in [5, 5.41) is 3.36. The fourth-order valence-corrected chi connectivity index (χ4v) is 1.87. The van der Waals surface area contributed by atoms with Crippen molar-refractivity contribution in [2.75, 3.05) is 26.2 Å². The zero-order valence-corrected chi connectivity index (χ0v) is 8.09. The van der Waals surface area contributed by atoms with Crippen LogP contribution in [0.15, 0.2) is 18.3 Å². The molecule has 72 valence electrons. The molecule has 2 N–H and O–H groups in total. The van der Waals surface area contributed by atoms with Gasteiger partial charge in [0.1, 0.15) is 0 Å². The third-order valence-corrected chi connectivity index (χ3v) is 2.77. The molecule has 1 aromatic rings. The summed E-state index contributed by atoms with van der Waals surface area (Å²) >= 11 is 0. The van der Waals surface area contributed by atoms with Crippen molar-refractivity contribution in [2.24, 2.45) is 0 Å². The van der Waals surface area contributed by atoms with Crippen LogP contribution in [0.4, 0.5) is 0 Å². The third-order valence-electron chi connectivity index (χ3n) is 2.77. The molecule has 0 unspecified atom stereocenters. The van der Waals surface area contributed by atoms with Gasteiger partial charge in [0, 0.05) is 44.1 Å². The van der Waals surface area contributed by atoms with E-state index in [1.54, 1.807) is 0 Å². The largest absolute Gasteiger partial charge is 0.364 e. The third kappa shape index (κ3) is 1.92. The van der Waals surface area contributed by atoms with Crippen molar-refractivity contribution in [3.8, 4) is 0 Å². The molecule has 0 saturated carbocycles. The molecule has 1 fully saturated rings. The summed E-state index contributed by atoms with van der Waals surface area (Å²) in [4.78, 5) is 5.77. The van der Waals surface area contributed by atoms with Crippen LogP contribution in [-0.2, 0) is 0 Å².